The first kappa shape index (κ1) is 15.3. The number of amides is 1. The molecule has 2 saturated carbocycles. The Labute approximate surface area is 136 Å². The number of carbonyl (C=O) groups excluding carboxylic acids is 1. The minimum atomic E-state index is -0.439. The van der Waals surface area contributed by atoms with Crippen LogP contribution >= 0.6 is 11.6 Å². The molecule has 2 aliphatic rings. The van der Waals surface area contributed by atoms with Gasteiger partial charge in [0, 0.05) is 10.6 Å². The summed E-state index contributed by atoms with van der Waals surface area (Å²) in [4.78, 5) is 12.7. The molecule has 4 heteroatoms. The maximum absolute atomic E-state index is 12.7. The molecule has 0 aliphatic heterocycles. The third kappa shape index (κ3) is 2.19. The summed E-state index contributed by atoms with van der Waals surface area (Å²) >= 11 is 6.07. The van der Waals surface area contributed by atoms with E-state index in [1.165, 1.54) is 0 Å². The van der Waals surface area contributed by atoms with Gasteiger partial charge in [0.25, 0.3) is 0 Å². The van der Waals surface area contributed by atoms with Crippen molar-refractivity contribution in [3.8, 4) is 0 Å². The normalized spacial score (nSPS) is 29.2. The summed E-state index contributed by atoms with van der Waals surface area (Å²) in [5, 5.41) is 4.71. The Morgan fingerprint density at radius 3 is 2.82 bits per heavy atom. The summed E-state index contributed by atoms with van der Waals surface area (Å²) in [7, 11) is 0. The lowest BCUT2D eigenvalue weighted by Gasteiger charge is -2.36. The van der Waals surface area contributed by atoms with Gasteiger partial charge in [-0.25, -0.2) is 5.43 Å². The molecule has 0 aromatic heterocycles. The lowest BCUT2D eigenvalue weighted by molar-refractivity contribution is -0.128. The van der Waals surface area contributed by atoms with Gasteiger partial charge < -0.3 is 0 Å². The van der Waals surface area contributed by atoms with E-state index in [9.17, 15) is 4.79 Å². The van der Waals surface area contributed by atoms with Crippen LogP contribution in [0.5, 0.6) is 0 Å². The van der Waals surface area contributed by atoms with E-state index in [0.717, 1.165) is 30.4 Å². The van der Waals surface area contributed by atoms with E-state index in [2.05, 4.69) is 31.0 Å². The number of halogens is 1. The van der Waals surface area contributed by atoms with Crippen LogP contribution in [-0.2, 0) is 4.79 Å². The summed E-state index contributed by atoms with van der Waals surface area (Å²) in [5.74, 6) is 0.521. The number of rotatable bonds is 3. The predicted octanol–water partition coefficient (Wildman–Crippen LogP) is 4.17. The van der Waals surface area contributed by atoms with Crippen LogP contribution in [0, 0.1) is 16.7 Å². The Hall–Kier alpha value is -1.61. The Kier molecular flexibility index (Phi) is 3.64. The molecule has 1 amide bonds. The maximum Gasteiger partial charge on any atom is 0.250 e. The van der Waals surface area contributed by atoms with Crippen molar-refractivity contribution in [2.45, 2.75) is 33.1 Å². The molecule has 3 nitrogen and oxygen atoms in total. The number of hydrogen-bond acceptors (Lipinski definition) is 2. The zero-order chi connectivity index (χ0) is 16.0. The fourth-order valence-corrected chi connectivity index (χ4v) is 4.17. The van der Waals surface area contributed by atoms with Crippen molar-refractivity contribution >= 4 is 23.7 Å². The molecule has 0 spiro atoms. The molecule has 0 unspecified atom stereocenters. The second-order valence-corrected chi connectivity index (χ2v) is 7.35. The molecule has 116 valence electrons. The van der Waals surface area contributed by atoms with Crippen LogP contribution in [0.3, 0.4) is 0 Å². The molecule has 3 rings (SSSR count). The Morgan fingerprint density at radius 2 is 2.18 bits per heavy atom. The summed E-state index contributed by atoms with van der Waals surface area (Å²) in [6, 6.07) is 7.41. The molecule has 2 bridgehead atoms. The van der Waals surface area contributed by atoms with Crippen LogP contribution in [0.1, 0.15) is 38.7 Å². The Balaban J connectivity index is 1.73. The van der Waals surface area contributed by atoms with Crippen molar-refractivity contribution in [1.82, 2.24) is 5.43 Å². The number of nitrogens with one attached hydrogen (secondary N) is 1. The average Bonchev–Trinajstić information content (AvgIpc) is 3.01. The van der Waals surface area contributed by atoms with Crippen molar-refractivity contribution in [2.24, 2.45) is 21.8 Å². The first-order valence-corrected chi connectivity index (χ1v) is 8.03. The van der Waals surface area contributed by atoms with Gasteiger partial charge in [0.15, 0.2) is 0 Å². The van der Waals surface area contributed by atoms with Gasteiger partial charge in [-0.05, 0) is 36.7 Å². The topological polar surface area (TPSA) is 41.5 Å². The first-order chi connectivity index (χ1) is 10.4. The van der Waals surface area contributed by atoms with Crippen LogP contribution in [0.15, 0.2) is 41.5 Å². The van der Waals surface area contributed by atoms with Crippen LogP contribution in [-0.4, -0.2) is 12.1 Å². The molecule has 2 aliphatic carbocycles. The molecule has 1 aromatic carbocycles. The third-order valence-electron chi connectivity index (χ3n) is 5.60. The number of nitrogens with zero attached hydrogens (tertiary/aromatic N) is 1. The van der Waals surface area contributed by atoms with Gasteiger partial charge in [0.2, 0.25) is 5.91 Å². The van der Waals surface area contributed by atoms with E-state index in [4.69, 9.17) is 11.6 Å². The third-order valence-corrected chi connectivity index (χ3v) is 5.94. The highest BCUT2D eigenvalue weighted by atomic mass is 35.5. The number of fused-ring (bicyclic) bond motifs is 2. The largest absolute Gasteiger partial charge is 0.272 e. The highest BCUT2D eigenvalue weighted by molar-refractivity contribution is 6.33. The second kappa shape index (κ2) is 5.24. The highest BCUT2D eigenvalue weighted by Gasteiger charge is 2.60. The minimum absolute atomic E-state index is 0.0334. The molecule has 0 heterocycles. The second-order valence-electron chi connectivity index (χ2n) is 6.94. The van der Waals surface area contributed by atoms with E-state index >= 15 is 0 Å². The summed E-state index contributed by atoms with van der Waals surface area (Å²) in [6.45, 7) is 8.62. The zero-order valence-electron chi connectivity index (χ0n) is 13.0. The van der Waals surface area contributed by atoms with Crippen molar-refractivity contribution in [3.05, 3.63) is 47.0 Å². The molecule has 1 aromatic rings. The first-order valence-electron chi connectivity index (χ1n) is 7.66. The maximum atomic E-state index is 12.7. The van der Waals surface area contributed by atoms with E-state index in [0.29, 0.717) is 10.9 Å². The van der Waals surface area contributed by atoms with Crippen molar-refractivity contribution in [3.63, 3.8) is 0 Å². The van der Waals surface area contributed by atoms with Gasteiger partial charge in [-0.3, -0.25) is 4.79 Å². The molecular formula is C18H21ClN2O. The SMILES string of the molecule is C=C1C(C)(C)[C@@H]2CC[C@@]1(C(=O)N/N=C\c1ccccc1Cl)C2. The fraction of sp³-hybridized carbons (Fsp3) is 0.444. The Morgan fingerprint density at radius 1 is 1.45 bits per heavy atom. The van der Waals surface area contributed by atoms with Gasteiger partial charge in [-0.2, -0.15) is 5.10 Å². The summed E-state index contributed by atoms with van der Waals surface area (Å²) < 4.78 is 0. The summed E-state index contributed by atoms with van der Waals surface area (Å²) in [5.41, 5.74) is 4.15. The molecule has 0 saturated heterocycles. The van der Waals surface area contributed by atoms with Gasteiger partial charge >= 0.3 is 0 Å². The van der Waals surface area contributed by atoms with Crippen molar-refractivity contribution in [2.75, 3.05) is 0 Å². The van der Waals surface area contributed by atoms with Gasteiger partial charge in [-0.15, -0.1) is 0 Å². The molecule has 2 atom stereocenters. The van der Waals surface area contributed by atoms with E-state index in [1.807, 2.05) is 18.2 Å². The Bertz CT molecular complexity index is 665. The number of hydrogen-bond donors (Lipinski definition) is 1. The lowest BCUT2D eigenvalue weighted by atomic mass is 9.68. The van der Waals surface area contributed by atoms with Gasteiger partial charge in [-0.1, -0.05) is 55.8 Å². The van der Waals surface area contributed by atoms with Crippen LogP contribution in [0.2, 0.25) is 5.02 Å². The predicted molar refractivity (Wildman–Crippen MR) is 89.9 cm³/mol. The molecule has 0 radical (unpaired) electrons. The van der Waals surface area contributed by atoms with Crippen LogP contribution < -0.4 is 5.43 Å². The van der Waals surface area contributed by atoms with E-state index in [1.54, 1.807) is 12.3 Å². The quantitative estimate of drug-likeness (QED) is 0.507. The van der Waals surface area contributed by atoms with Gasteiger partial charge in [0.1, 0.15) is 0 Å². The molecule has 1 N–H and O–H groups in total. The number of carbonyl (C=O) groups is 1. The number of benzene rings is 1. The van der Waals surface area contributed by atoms with Crippen LogP contribution in [0.4, 0.5) is 0 Å². The monoisotopic (exact) mass is 316 g/mol. The molecule has 2 fully saturated rings. The van der Waals surface area contributed by atoms with E-state index < -0.39 is 5.41 Å². The minimum Gasteiger partial charge on any atom is -0.272 e. The van der Waals surface area contributed by atoms with Gasteiger partial charge in [0.05, 0.1) is 11.6 Å². The van der Waals surface area contributed by atoms with Crippen molar-refractivity contribution < 1.29 is 4.79 Å². The van der Waals surface area contributed by atoms with Crippen molar-refractivity contribution in [1.29, 1.82) is 0 Å². The highest BCUT2D eigenvalue weighted by Crippen LogP contribution is 2.65. The number of hydrazone groups is 1. The molecular weight excluding hydrogens is 296 g/mol. The molecule has 22 heavy (non-hydrogen) atoms. The summed E-state index contributed by atoms with van der Waals surface area (Å²) in [6.07, 6.45) is 4.46. The smallest absolute Gasteiger partial charge is 0.250 e. The zero-order valence-corrected chi connectivity index (χ0v) is 13.8. The lowest BCUT2D eigenvalue weighted by Crippen LogP contribution is -2.39. The van der Waals surface area contributed by atoms with Crippen LogP contribution in [0.25, 0.3) is 0 Å². The fourth-order valence-electron chi connectivity index (χ4n) is 3.99. The standard InChI is InChI=1S/C18H21ClN2O/c1-12-17(2,3)14-8-9-18(12,10-14)16(22)21-20-11-13-6-4-5-7-15(13)19/h4-7,11,14H,1,8-10H2,2-3H3,(H,21,22)/b20-11-/t14-,18-/m1/s1. The van der Waals surface area contributed by atoms with E-state index in [-0.39, 0.29) is 11.3 Å². The average molecular weight is 317 g/mol.